The summed E-state index contributed by atoms with van der Waals surface area (Å²) in [6, 6.07) is 9.57. The molecule has 1 aromatic heterocycles. The second-order valence-corrected chi connectivity index (χ2v) is 7.74. The summed E-state index contributed by atoms with van der Waals surface area (Å²) in [6.45, 7) is 4.90. The van der Waals surface area contributed by atoms with Crippen molar-refractivity contribution in [1.29, 1.82) is 0 Å². The molecule has 1 aliphatic carbocycles. The fourth-order valence-corrected chi connectivity index (χ4v) is 4.17. The van der Waals surface area contributed by atoms with Gasteiger partial charge in [0.2, 0.25) is 0 Å². The highest BCUT2D eigenvalue weighted by atomic mass is 35.5. The van der Waals surface area contributed by atoms with Gasteiger partial charge >= 0.3 is 5.63 Å². The highest BCUT2D eigenvalue weighted by Crippen LogP contribution is 2.50. The fraction of sp³-hybridized carbons (Fsp3) is 0.526. The number of nitrogens with two attached hydrogens (primary N) is 1. The first kappa shape index (κ1) is 16.5. The van der Waals surface area contributed by atoms with E-state index in [1.807, 2.05) is 30.3 Å². The van der Waals surface area contributed by atoms with Crippen LogP contribution in [0.3, 0.4) is 0 Å². The van der Waals surface area contributed by atoms with Crippen LogP contribution >= 0.6 is 11.6 Å². The molecule has 1 fully saturated rings. The highest BCUT2D eigenvalue weighted by molar-refractivity contribution is 6.24. The van der Waals surface area contributed by atoms with Crippen molar-refractivity contribution >= 4 is 22.6 Å². The lowest BCUT2D eigenvalue weighted by Crippen LogP contribution is -2.43. The van der Waals surface area contributed by atoms with Crippen LogP contribution in [0, 0.1) is 11.8 Å². The van der Waals surface area contributed by atoms with E-state index in [2.05, 4.69) is 13.8 Å². The van der Waals surface area contributed by atoms with Crippen LogP contribution in [0.15, 0.2) is 39.5 Å². The van der Waals surface area contributed by atoms with E-state index in [1.165, 1.54) is 0 Å². The van der Waals surface area contributed by atoms with Gasteiger partial charge in [-0.05, 0) is 49.8 Å². The number of hydrogen-bond donors (Lipinski definition) is 1. The minimum absolute atomic E-state index is 0.0210. The lowest BCUT2D eigenvalue weighted by atomic mass is 9.66. The molecule has 1 saturated carbocycles. The van der Waals surface area contributed by atoms with Crippen molar-refractivity contribution in [2.45, 2.75) is 43.9 Å². The van der Waals surface area contributed by atoms with E-state index in [0.717, 1.165) is 24.6 Å². The number of benzene rings is 1. The Morgan fingerprint density at radius 1 is 1.39 bits per heavy atom. The summed E-state index contributed by atoms with van der Waals surface area (Å²) in [5.74, 6) is 0.669. The summed E-state index contributed by atoms with van der Waals surface area (Å²) >= 11 is 7.03. The molecule has 1 aromatic carbocycles. The normalized spacial score (nSPS) is 28.4. The Kier molecular flexibility index (Phi) is 4.52. The van der Waals surface area contributed by atoms with Gasteiger partial charge in [-0.1, -0.05) is 32.0 Å². The van der Waals surface area contributed by atoms with E-state index in [0.29, 0.717) is 23.6 Å². The zero-order valence-electron chi connectivity index (χ0n) is 13.7. The van der Waals surface area contributed by atoms with Crippen LogP contribution < -0.4 is 11.4 Å². The van der Waals surface area contributed by atoms with Crippen LogP contribution in [0.5, 0.6) is 0 Å². The van der Waals surface area contributed by atoms with Crippen molar-refractivity contribution in [3.63, 3.8) is 0 Å². The van der Waals surface area contributed by atoms with Gasteiger partial charge in [0.15, 0.2) is 0 Å². The summed E-state index contributed by atoms with van der Waals surface area (Å²) in [6.07, 6.45) is 2.75. The number of rotatable bonds is 3. The standard InChI is InChI=1S/C19H24ClNO2/c1-12(2)19(20)8-7-13(11-21)9-16(19)15-10-14-5-3-4-6-17(14)23-18(15)22/h3-6,10,12-13,16H,7-9,11,21H2,1-2H3. The van der Waals surface area contributed by atoms with Gasteiger partial charge < -0.3 is 10.2 Å². The van der Waals surface area contributed by atoms with Crippen LogP contribution in [0.2, 0.25) is 0 Å². The molecule has 0 saturated heterocycles. The zero-order chi connectivity index (χ0) is 16.6. The van der Waals surface area contributed by atoms with Crippen LogP contribution in [-0.2, 0) is 0 Å². The molecule has 0 amide bonds. The van der Waals surface area contributed by atoms with E-state index in [9.17, 15) is 4.79 Å². The third-order valence-electron chi connectivity index (χ3n) is 5.42. The molecule has 0 radical (unpaired) electrons. The van der Waals surface area contributed by atoms with Gasteiger partial charge in [-0.2, -0.15) is 0 Å². The van der Waals surface area contributed by atoms with Gasteiger partial charge in [0.25, 0.3) is 0 Å². The Morgan fingerprint density at radius 2 is 2.13 bits per heavy atom. The Morgan fingerprint density at radius 3 is 2.83 bits per heavy atom. The summed E-state index contributed by atoms with van der Waals surface area (Å²) < 4.78 is 5.54. The molecular formula is C19H24ClNO2. The molecule has 3 rings (SSSR count). The molecule has 1 aliphatic rings. The molecule has 23 heavy (non-hydrogen) atoms. The topological polar surface area (TPSA) is 56.2 Å². The SMILES string of the molecule is CC(C)C1(Cl)CCC(CN)CC1c1cc2ccccc2oc1=O. The minimum atomic E-state index is -0.414. The zero-order valence-corrected chi connectivity index (χ0v) is 14.5. The van der Waals surface area contributed by atoms with Crippen molar-refractivity contribution in [3.8, 4) is 0 Å². The molecule has 2 aromatic rings. The average Bonchev–Trinajstić information content (AvgIpc) is 2.54. The lowest BCUT2D eigenvalue weighted by Gasteiger charge is -2.45. The molecule has 0 spiro atoms. The first-order valence-corrected chi connectivity index (χ1v) is 8.75. The maximum atomic E-state index is 12.6. The Balaban J connectivity index is 2.12. The third-order valence-corrected chi connectivity index (χ3v) is 6.31. The number of halogens is 1. The summed E-state index contributed by atoms with van der Waals surface area (Å²) in [7, 11) is 0. The largest absolute Gasteiger partial charge is 0.423 e. The van der Waals surface area contributed by atoms with E-state index in [4.69, 9.17) is 21.8 Å². The van der Waals surface area contributed by atoms with Gasteiger partial charge in [0.05, 0.1) is 4.87 Å². The average molecular weight is 334 g/mol. The number of fused-ring (bicyclic) bond motifs is 1. The molecule has 3 unspecified atom stereocenters. The molecule has 1 heterocycles. The highest BCUT2D eigenvalue weighted by Gasteiger charge is 2.46. The smallest absolute Gasteiger partial charge is 0.339 e. The predicted octanol–water partition coefficient (Wildman–Crippen LogP) is 4.27. The second-order valence-electron chi connectivity index (χ2n) is 7.04. The van der Waals surface area contributed by atoms with Crippen molar-refractivity contribution < 1.29 is 4.42 Å². The maximum Gasteiger partial charge on any atom is 0.339 e. The number of alkyl halides is 1. The molecule has 124 valence electrons. The summed E-state index contributed by atoms with van der Waals surface area (Å²) in [5.41, 5.74) is 6.95. The van der Waals surface area contributed by atoms with Gasteiger partial charge in [0, 0.05) is 16.9 Å². The van der Waals surface area contributed by atoms with Crippen molar-refractivity contribution in [2.24, 2.45) is 17.6 Å². The third kappa shape index (κ3) is 2.92. The van der Waals surface area contributed by atoms with Gasteiger partial charge in [-0.3, -0.25) is 0 Å². The van der Waals surface area contributed by atoms with Crippen molar-refractivity contribution in [1.82, 2.24) is 0 Å². The maximum absolute atomic E-state index is 12.6. The molecular weight excluding hydrogens is 310 g/mol. The van der Waals surface area contributed by atoms with Crippen molar-refractivity contribution in [3.05, 3.63) is 46.3 Å². The predicted molar refractivity (Wildman–Crippen MR) is 95.0 cm³/mol. The molecule has 0 bridgehead atoms. The van der Waals surface area contributed by atoms with Gasteiger partial charge in [0.1, 0.15) is 5.58 Å². The van der Waals surface area contributed by atoms with Crippen LogP contribution in [-0.4, -0.2) is 11.4 Å². The first-order valence-electron chi connectivity index (χ1n) is 8.37. The monoisotopic (exact) mass is 333 g/mol. The Labute approximate surface area is 141 Å². The van der Waals surface area contributed by atoms with E-state index >= 15 is 0 Å². The molecule has 4 heteroatoms. The van der Waals surface area contributed by atoms with E-state index in [-0.39, 0.29) is 17.5 Å². The fourth-order valence-electron chi connectivity index (χ4n) is 3.86. The second kappa shape index (κ2) is 6.29. The number of hydrogen-bond acceptors (Lipinski definition) is 3. The van der Waals surface area contributed by atoms with Gasteiger partial charge in [-0.15, -0.1) is 11.6 Å². The van der Waals surface area contributed by atoms with Crippen LogP contribution in [0.1, 0.15) is 44.6 Å². The molecule has 3 nitrogen and oxygen atoms in total. The first-order chi connectivity index (χ1) is 11.0. The Hall–Kier alpha value is -1.32. The van der Waals surface area contributed by atoms with E-state index in [1.54, 1.807) is 0 Å². The van der Waals surface area contributed by atoms with Crippen molar-refractivity contribution in [2.75, 3.05) is 6.54 Å². The summed E-state index contributed by atoms with van der Waals surface area (Å²) in [5, 5.41) is 0.944. The van der Waals surface area contributed by atoms with Crippen LogP contribution in [0.4, 0.5) is 0 Å². The molecule has 0 aliphatic heterocycles. The van der Waals surface area contributed by atoms with Crippen LogP contribution in [0.25, 0.3) is 11.0 Å². The minimum Gasteiger partial charge on any atom is -0.423 e. The van der Waals surface area contributed by atoms with E-state index < -0.39 is 4.87 Å². The lowest BCUT2D eigenvalue weighted by molar-refractivity contribution is 0.214. The number of para-hydroxylation sites is 1. The quantitative estimate of drug-likeness (QED) is 0.674. The molecule has 3 atom stereocenters. The summed E-state index contributed by atoms with van der Waals surface area (Å²) in [4.78, 5) is 12.2. The Bertz CT molecular complexity index is 754. The molecule has 2 N–H and O–H groups in total. The van der Waals surface area contributed by atoms with Gasteiger partial charge in [-0.25, -0.2) is 4.79 Å².